The van der Waals surface area contributed by atoms with Crippen molar-refractivity contribution in [2.45, 2.75) is 64.8 Å². The molecule has 0 amide bonds. The monoisotopic (exact) mass is 434 g/mol. The molecule has 0 aliphatic heterocycles. The highest BCUT2D eigenvalue weighted by Gasteiger charge is 2.17. The van der Waals surface area contributed by atoms with Crippen LogP contribution in [-0.4, -0.2) is 64.5 Å². The number of carboxylic acid groups (broad SMARTS) is 2. The minimum absolute atomic E-state index is 0.0447. The van der Waals surface area contributed by atoms with E-state index in [1.54, 1.807) is 40.8 Å². The second-order valence-corrected chi connectivity index (χ2v) is 7.36. The van der Waals surface area contributed by atoms with E-state index in [-0.39, 0.29) is 18.9 Å². The van der Waals surface area contributed by atoms with Gasteiger partial charge in [0.15, 0.2) is 0 Å². The highest BCUT2D eigenvalue weighted by molar-refractivity contribution is 5.83. The number of carboxylic acids is 2. The zero-order chi connectivity index (χ0) is 22.8. The molecule has 0 aliphatic rings. The summed E-state index contributed by atoms with van der Waals surface area (Å²) in [6.45, 7) is 2.80. The van der Waals surface area contributed by atoms with Crippen LogP contribution in [0, 0.1) is 0 Å². The normalized spacial score (nSPS) is 12.2. The maximum Gasteiger partial charge on any atom is 0.323 e. The lowest BCUT2D eigenvalue weighted by Crippen LogP contribution is -2.31. The molecule has 2 aromatic rings. The Morgan fingerprint density at radius 2 is 1.52 bits per heavy atom. The summed E-state index contributed by atoms with van der Waals surface area (Å²) < 4.78 is 3.13. The van der Waals surface area contributed by atoms with Crippen LogP contribution in [0.4, 0.5) is 0 Å². The second-order valence-electron chi connectivity index (χ2n) is 7.36. The number of carbonyl (C=O) groups is 3. The third-order valence-electron chi connectivity index (χ3n) is 4.95. The number of ketones is 1. The van der Waals surface area contributed by atoms with Gasteiger partial charge >= 0.3 is 11.9 Å². The van der Waals surface area contributed by atoms with Crippen molar-refractivity contribution in [3.8, 4) is 0 Å². The minimum atomic E-state index is -0.961. The van der Waals surface area contributed by atoms with Gasteiger partial charge in [-0.1, -0.05) is 13.3 Å². The van der Waals surface area contributed by atoms with Gasteiger partial charge in [0, 0.05) is 31.2 Å². The molecule has 4 N–H and O–H groups in total. The second kappa shape index (κ2) is 12.0. The van der Waals surface area contributed by atoms with Crippen molar-refractivity contribution < 1.29 is 24.6 Å². The Hall–Kier alpha value is -3.05. The molecule has 0 aliphatic carbocycles. The summed E-state index contributed by atoms with van der Waals surface area (Å²) in [5, 5.41) is 18.2. The van der Waals surface area contributed by atoms with Gasteiger partial charge in [0.1, 0.15) is 30.5 Å². The van der Waals surface area contributed by atoms with Gasteiger partial charge < -0.3 is 25.1 Å². The number of Topliss-reactive ketones (excluding diaryl/α,β-unsaturated/α-hetero) is 1. The van der Waals surface area contributed by atoms with Gasteiger partial charge in [-0.25, -0.2) is 9.97 Å². The van der Waals surface area contributed by atoms with Crippen LogP contribution in [0.5, 0.6) is 0 Å². The molecule has 11 nitrogen and oxygen atoms in total. The highest BCUT2D eigenvalue weighted by Crippen LogP contribution is 2.12. The summed E-state index contributed by atoms with van der Waals surface area (Å²) >= 11 is 0. The largest absolute Gasteiger partial charge is 0.480 e. The van der Waals surface area contributed by atoms with Crippen LogP contribution in [0.15, 0.2) is 24.8 Å². The van der Waals surface area contributed by atoms with E-state index in [0.717, 1.165) is 12.8 Å². The Morgan fingerprint density at radius 1 is 1.00 bits per heavy atom. The van der Waals surface area contributed by atoms with Gasteiger partial charge in [-0.3, -0.25) is 19.3 Å². The van der Waals surface area contributed by atoms with E-state index in [2.05, 4.69) is 9.97 Å². The lowest BCUT2D eigenvalue weighted by atomic mass is 10.0. The van der Waals surface area contributed by atoms with Crippen molar-refractivity contribution in [1.29, 1.82) is 0 Å². The van der Waals surface area contributed by atoms with Crippen LogP contribution in [0.1, 0.15) is 44.3 Å². The summed E-state index contributed by atoms with van der Waals surface area (Å²) in [5.41, 5.74) is 5.90. The number of nitrogens with zero attached hydrogens (tertiary/aromatic N) is 5. The van der Waals surface area contributed by atoms with E-state index >= 15 is 0 Å². The molecular formula is C20H30N6O5. The number of aliphatic carboxylic acids is 2. The summed E-state index contributed by atoms with van der Waals surface area (Å²) in [6, 6.07) is -0.456. The molecule has 2 heterocycles. The van der Waals surface area contributed by atoms with Crippen LogP contribution in [0.3, 0.4) is 0 Å². The van der Waals surface area contributed by atoms with Crippen molar-refractivity contribution in [2.75, 3.05) is 6.54 Å². The first kappa shape index (κ1) is 24.2. The fourth-order valence-corrected chi connectivity index (χ4v) is 3.30. The van der Waals surface area contributed by atoms with Crippen LogP contribution in [-0.2, 0) is 40.6 Å². The summed E-state index contributed by atoms with van der Waals surface area (Å²) in [5.74, 6) is -0.689. The van der Waals surface area contributed by atoms with Crippen LogP contribution in [0.25, 0.3) is 0 Å². The molecule has 0 spiro atoms. The van der Waals surface area contributed by atoms with Crippen LogP contribution < -0.4 is 5.73 Å². The molecule has 31 heavy (non-hydrogen) atoms. The third kappa shape index (κ3) is 7.95. The van der Waals surface area contributed by atoms with Crippen LogP contribution >= 0.6 is 0 Å². The van der Waals surface area contributed by atoms with E-state index < -0.39 is 18.0 Å². The molecule has 0 saturated heterocycles. The van der Waals surface area contributed by atoms with Crippen molar-refractivity contribution in [3.63, 3.8) is 0 Å². The molecular weight excluding hydrogens is 404 g/mol. The standard InChI is InChI=1S/C20H30N6O5/c1-2-16(27)15(21)5-3-4-8-24(11-17-22-6-9-25(17)13-19(28)29)12-18-23-7-10-26(18)14-20(30)31/h6-7,9-10,15H,2-5,8,11-14,21H2,1H3,(H,28,29)(H,30,31). The summed E-state index contributed by atoms with van der Waals surface area (Å²) in [6.07, 6.45) is 8.88. The Balaban J connectivity index is 2.06. The number of hydrogen-bond donors (Lipinski definition) is 3. The zero-order valence-corrected chi connectivity index (χ0v) is 17.7. The lowest BCUT2D eigenvalue weighted by molar-refractivity contribution is -0.138. The van der Waals surface area contributed by atoms with E-state index in [1.165, 1.54) is 0 Å². The first-order valence-electron chi connectivity index (χ1n) is 10.2. The smallest absolute Gasteiger partial charge is 0.323 e. The molecule has 1 unspecified atom stereocenters. The Morgan fingerprint density at radius 3 is 1.97 bits per heavy atom. The van der Waals surface area contributed by atoms with Gasteiger partial charge in [-0.15, -0.1) is 0 Å². The fraction of sp³-hybridized carbons (Fsp3) is 0.550. The predicted octanol–water partition coefficient (Wildman–Crippen LogP) is 0.728. The lowest BCUT2D eigenvalue weighted by Gasteiger charge is -2.22. The van der Waals surface area contributed by atoms with Gasteiger partial charge in [0.25, 0.3) is 0 Å². The first-order valence-corrected chi connectivity index (χ1v) is 10.2. The van der Waals surface area contributed by atoms with E-state index in [9.17, 15) is 14.4 Å². The SMILES string of the molecule is CCC(=O)C(N)CCCCN(Cc1nccn1CC(=O)O)Cc1nccn1CC(=O)O. The number of nitrogens with two attached hydrogens (primary N) is 1. The molecule has 0 radical (unpaired) electrons. The Kier molecular flexibility index (Phi) is 9.35. The summed E-state index contributed by atoms with van der Waals surface area (Å²) in [4.78, 5) is 44.4. The molecule has 0 saturated carbocycles. The molecule has 2 rings (SSSR count). The number of rotatable bonds is 15. The van der Waals surface area contributed by atoms with Crippen molar-refractivity contribution in [1.82, 2.24) is 24.0 Å². The predicted molar refractivity (Wildman–Crippen MR) is 111 cm³/mol. The molecule has 170 valence electrons. The quantitative estimate of drug-likeness (QED) is 0.344. The molecule has 1 atom stereocenters. The first-order chi connectivity index (χ1) is 14.8. The van der Waals surface area contributed by atoms with E-state index in [0.29, 0.717) is 44.1 Å². The van der Waals surface area contributed by atoms with E-state index in [4.69, 9.17) is 15.9 Å². The highest BCUT2D eigenvalue weighted by atomic mass is 16.4. The molecule has 11 heteroatoms. The number of imidazole rings is 2. The maximum absolute atomic E-state index is 11.7. The maximum atomic E-state index is 11.7. The summed E-state index contributed by atoms with van der Waals surface area (Å²) in [7, 11) is 0. The average molecular weight is 434 g/mol. The minimum Gasteiger partial charge on any atom is -0.480 e. The number of unbranched alkanes of at least 4 members (excludes halogenated alkanes) is 1. The number of carbonyl (C=O) groups excluding carboxylic acids is 1. The molecule has 0 fully saturated rings. The van der Waals surface area contributed by atoms with E-state index in [1.807, 2.05) is 4.90 Å². The van der Waals surface area contributed by atoms with Gasteiger partial charge in [-0.2, -0.15) is 0 Å². The fourth-order valence-electron chi connectivity index (χ4n) is 3.30. The van der Waals surface area contributed by atoms with Crippen molar-refractivity contribution in [2.24, 2.45) is 5.73 Å². The third-order valence-corrected chi connectivity index (χ3v) is 4.95. The molecule has 0 aromatic carbocycles. The topological polar surface area (TPSA) is 157 Å². The molecule has 2 aromatic heterocycles. The number of aromatic nitrogens is 4. The van der Waals surface area contributed by atoms with Crippen molar-refractivity contribution >= 4 is 17.7 Å². The zero-order valence-electron chi connectivity index (χ0n) is 17.7. The Labute approximate surface area is 180 Å². The van der Waals surface area contributed by atoms with Gasteiger partial charge in [-0.05, 0) is 19.4 Å². The number of hydrogen-bond acceptors (Lipinski definition) is 7. The Bertz CT molecular complexity index is 821. The van der Waals surface area contributed by atoms with Gasteiger partial charge in [0.2, 0.25) is 0 Å². The van der Waals surface area contributed by atoms with Crippen LogP contribution in [0.2, 0.25) is 0 Å². The molecule has 0 bridgehead atoms. The van der Waals surface area contributed by atoms with Gasteiger partial charge in [0.05, 0.1) is 19.1 Å². The average Bonchev–Trinajstić information content (AvgIpc) is 3.32. The van der Waals surface area contributed by atoms with Crippen molar-refractivity contribution in [3.05, 3.63) is 36.4 Å².